The summed E-state index contributed by atoms with van der Waals surface area (Å²) in [6.07, 6.45) is 0. The van der Waals surface area contributed by atoms with E-state index in [1.54, 1.807) is 0 Å². The zero-order chi connectivity index (χ0) is 15.2. The van der Waals surface area contributed by atoms with Crippen LogP contribution < -0.4 is 24.3 Å². The number of hydrogen-bond donors (Lipinski definition) is 2. The van der Waals surface area contributed by atoms with Gasteiger partial charge in [-0.2, -0.15) is 0 Å². The highest BCUT2D eigenvalue weighted by Gasteiger charge is 2.16. The van der Waals surface area contributed by atoms with E-state index in [1.807, 2.05) is 30.3 Å². The first kappa shape index (κ1) is 12.5. The number of rotatable bonds is 3. The van der Waals surface area contributed by atoms with Crippen molar-refractivity contribution < 1.29 is 18.9 Å². The molecule has 7 nitrogen and oxygen atoms in total. The Kier molecular flexibility index (Phi) is 2.55. The maximum Gasteiger partial charge on any atom is 0.231 e. The number of aromatic amines is 1. The molecule has 3 aromatic rings. The van der Waals surface area contributed by atoms with Crippen molar-refractivity contribution in [3.05, 3.63) is 35.9 Å². The van der Waals surface area contributed by atoms with Crippen LogP contribution >= 0.6 is 0 Å². The first-order valence-electron chi connectivity index (χ1n) is 7.27. The van der Waals surface area contributed by atoms with Crippen LogP contribution in [0.3, 0.4) is 0 Å². The van der Waals surface area contributed by atoms with Crippen molar-refractivity contribution in [3.8, 4) is 23.0 Å². The third kappa shape index (κ3) is 2.09. The fourth-order valence-corrected chi connectivity index (χ4v) is 2.72. The van der Waals surface area contributed by atoms with Gasteiger partial charge in [-0.25, -0.2) is 4.98 Å². The van der Waals surface area contributed by atoms with Crippen molar-refractivity contribution in [2.75, 3.05) is 18.9 Å². The molecule has 0 saturated carbocycles. The molecule has 0 amide bonds. The predicted molar refractivity (Wildman–Crippen MR) is 82.1 cm³/mol. The average molecular weight is 311 g/mol. The van der Waals surface area contributed by atoms with Gasteiger partial charge in [-0.05, 0) is 17.7 Å². The first-order chi connectivity index (χ1) is 11.3. The van der Waals surface area contributed by atoms with Gasteiger partial charge in [0.25, 0.3) is 0 Å². The molecule has 23 heavy (non-hydrogen) atoms. The number of nitrogens with one attached hydrogen (secondary N) is 2. The lowest BCUT2D eigenvalue weighted by Crippen LogP contribution is -2.00. The molecular formula is C16H13N3O4. The summed E-state index contributed by atoms with van der Waals surface area (Å²) in [5, 5.41) is 3.27. The van der Waals surface area contributed by atoms with Crippen molar-refractivity contribution in [1.82, 2.24) is 9.97 Å². The van der Waals surface area contributed by atoms with Crippen LogP contribution in [0.4, 0.5) is 5.95 Å². The van der Waals surface area contributed by atoms with Gasteiger partial charge in [-0.1, -0.05) is 6.07 Å². The van der Waals surface area contributed by atoms with Crippen LogP contribution in [0.2, 0.25) is 0 Å². The smallest absolute Gasteiger partial charge is 0.231 e. The Morgan fingerprint density at radius 2 is 1.65 bits per heavy atom. The predicted octanol–water partition coefficient (Wildman–Crippen LogP) is 2.63. The molecule has 0 atom stereocenters. The van der Waals surface area contributed by atoms with Gasteiger partial charge >= 0.3 is 0 Å². The summed E-state index contributed by atoms with van der Waals surface area (Å²) in [6, 6.07) is 9.65. The minimum absolute atomic E-state index is 0.261. The largest absolute Gasteiger partial charge is 0.454 e. The lowest BCUT2D eigenvalue weighted by Gasteiger charge is -2.04. The maximum atomic E-state index is 5.38. The summed E-state index contributed by atoms with van der Waals surface area (Å²) in [5.41, 5.74) is 2.83. The maximum absolute atomic E-state index is 5.38. The second kappa shape index (κ2) is 4.70. The van der Waals surface area contributed by atoms with E-state index in [4.69, 9.17) is 18.9 Å². The highest BCUT2D eigenvalue weighted by atomic mass is 16.7. The molecule has 0 unspecified atom stereocenters. The summed E-state index contributed by atoms with van der Waals surface area (Å²) in [7, 11) is 0. The third-order valence-electron chi connectivity index (χ3n) is 3.87. The van der Waals surface area contributed by atoms with Gasteiger partial charge in [-0.3, -0.25) is 0 Å². The first-order valence-corrected chi connectivity index (χ1v) is 7.27. The monoisotopic (exact) mass is 311 g/mol. The Bertz CT molecular complexity index is 865. The topological polar surface area (TPSA) is 77.6 Å². The van der Waals surface area contributed by atoms with Crippen LogP contribution in [0.15, 0.2) is 30.3 Å². The molecule has 5 rings (SSSR count). The number of imidazole rings is 1. The van der Waals surface area contributed by atoms with Gasteiger partial charge in [0.15, 0.2) is 23.0 Å². The van der Waals surface area contributed by atoms with Crippen molar-refractivity contribution >= 4 is 17.0 Å². The third-order valence-corrected chi connectivity index (χ3v) is 3.87. The van der Waals surface area contributed by atoms with E-state index in [1.165, 1.54) is 0 Å². The molecule has 0 saturated heterocycles. The standard InChI is InChI=1S/C16H13N3O4/c1-2-12-13(21-7-20-12)3-9(1)6-17-16-18-10-4-14-15(23-8-22-14)5-11(10)19-16/h1-5H,6-8H2,(H2,17,18,19). The molecule has 116 valence electrons. The molecule has 2 aliphatic heterocycles. The molecule has 7 heteroatoms. The number of aromatic nitrogens is 2. The number of ether oxygens (including phenoxy) is 4. The van der Waals surface area contributed by atoms with E-state index < -0.39 is 0 Å². The zero-order valence-electron chi connectivity index (χ0n) is 12.1. The number of H-pyrrole nitrogens is 1. The van der Waals surface area contributed by atoms with Crippen molar-refractivity contribution in [3.63, 3.8) is 0 Å². The Labute approximate surface area is 131 Å². The van der Waals surface area contributed by atoms with E-state index >= 15 is 0 Å². The van der Waals surface area contributed by atoms with E-state index in [-0.39, 0.29) is 13.6 Å². The summed E-state index contributed by atoms with van der Waals surface area (Å²) in [5.74, 6) is 3.72. The van der Waals surface area contributed by atoms with Crippen LogP contribution in [0, 0.1) is 0 Å². The molecule has 2 aliphatic rings. The number of fused-ring (bicyclic) bond motifs is 3. The Morgan fingerprint density at radius 1 is 0.913 bits per heavy atom. The summed E-state index contributed by atoms with van der Waals surface area (Å²) < 4.78 is 21.4. The molecule has 0 aliphatic carbocycles. The van der Waals surface area contributed by atoms with E-state index in [0.29, 0.717) is 12.5 Å². The highest BCUT2D eigenvalue weighted by Crippen LogP contribution is 2.36. The quantitative estimate of drug-likeness (QED) is 0.774. The van der Waals surface area contributed by atoms with Crippen LogP contribution in [0.1, 0.15) is 5.56 Å². The molecule has 3 heterocycles. The fourth-order valence-electron chi connectivity index (χ4n) is 2.72. The second-order valence-corrected chi connectivity index (χ2v) is 5.35. The van der Waals surface area contributed by atoms with Crippen LogP contribution in [-0.2, 0) is 6.54 Å². The Morgan fingerprint density at radius 3 is 2.52 bits per heavy atom. The van der Waals surface area contributed by atoms with Gasteiger partial charge in [0.2, 0.25) is 19.5 Å². The number of benzene rings is 2. The molecule has 1 aromatic heterocycles. The zero-order valence-corrected chi connectivity index (χ0v) is 12.1. The van der Waals surface area contributed by atoms with Gasteiger partial charge in [0.1, 0.15) is 0 Å². The van der Waals surface area contributed by atoms with Crippen molar-refractivity contribution in [2.24, 2.45) is 0 Å². The Hall–Kier alpha value is -3.09. The molecule has 2 aromatic carbocycles. The van der Waals surface area contributed by atoms with Gasteiger partial charge in [0.05, 0.1) is 11.0 Å². The normalized spacial score (nSPS) is 14.4. The Balaban J connectivity index is 1.37. The number of hydrogen-bond acceptors (Lipinski definition) is 6. The SMILES string of the molecule is c1cc2c(cc1CNc1nc3cc4c(cc3[nH]1)OCO4)OCO2. The summed E-state index contributed by atoms with van der Waals surface area (Å²) >= 11 is 0. The van der Waals surface area contributed by atoms with Crippen LogP contribution in [0.25, 0.3) is 11.0 Å². The van der Waals surface area contributed by atoms with Crippen molar-refractivity contribution in [2.45, 2.75) is 6.54 Å². The van der Waals surface area contributed by atoms with Crippen LogP contribution in [0.5, 0.6) is 23.0 Å². The minimum Gasteiger partial charge on any atom is -0.454 e. The van der Waals surface area contributed by atoms with Crippen molar-refractivity contribution in [1.29, 1.82) is 0 Å². The lowest BCUT2D eigenvalue weighted by atomic mass is 10.2. The highest BCUT2D eigenvalue weighted by molar-refractivity contribution is 5.81. The van der Waals surface area contributed by atoms with Gasteiger partial charge in [-0.15, -0.1) is 0 Å². The van der Waals surface area contributed by atoms with Gasteiger partial charge < -0.3 is 29.2 Å². The van der Waals surface area contributed by atoms with Gasteiger partial charge in [0, 0.05) is 18.7 Å². The number of anilines is 1. The minimum atomic E-state index is 0.261. The van der Waals surface area contributed by atoms with E-state index in [0.717, 1.165) is 39.6 Å². The van der Waals surface area contributed by atoms with E-state index in [9.17, 15) is 0 Å². The molecule has 0 bridgehead atoms. The fraction of sp³-hybridized carbons (Fsp3) is 0.188. The molecular weight excluding hydrogens is 298 g/mol. The second-order valence-electron chi connectivity index (χ2n) is 5.35. The molecule has 0 spiro atoms. The molecule has 2 N–H and O–H groups in total. The summed E-state index contributed by atoms with van der Waals surface area (Å²) in [6.45, 7) is 1.17. The molecule has 0 radical (unpaired) electrons. The molecule has 0 fully saturated rings. The van der Waals surface area contributed by atoms with E-state index in [2.05, 4.69) is 15.3 Å². The average Bonchev–Trinajstić information content (AvgIpc) is 3.28. The summed E-state index contributed by atoms with van der Waals surface area (Å²) in [4.78, 5) is 7.75. The van der Waals surface area contributed by atoms with Crippen LogP contribution in [-0.4, -0.2) is 23.6 Å². The number of nitrogens with zero attached hydrogens (tertiary/aromatic N) is 1. The lowest BCUT2D eigenvalue weighted by molar-refractivity contribution is 0.173.